The quantitative estimate of drug-likeness (QED) is 0.869. The molecule has 3 rings (SSSR count). The minimum absolute atomic E-state index is 0. The second-order valence-corrected chi connectivity index (χ2v) is 5.21. The Kier molecular flexibility index (Phi) is 6.41. The van der Waals surface area contributed by atoms with Gasteiger partial charge in [-0.3, -0.25) is 4.90 Å². The summed E-state index contributed by atoms with van der Waals surface area (Å²) in [6, 6.07) is 3.14. The fourth-order valence-electron chi connectivity index (χ4n) is 2.38. The smallest absolute Gasteiger partial charge is 0.280 e. The standard InChI is InChI=1S/C14H17F2N5O2.ClH/c1-21-6-5-17-7-9(21)13-19-14(23-20-13)12-10(3-2-4-18-12)22-8-11(15)16;/h2-4,9,11,17H,5-8H2,1H3;1H. The molecule has 10 heteroatoms. The van der Waals surface area contributed by atoms with Gasteiger partial charge in [-0.25, -0.2) is 13.8 Å². The maximum Gasteiger partial charge on any atom is 0.280 e. The number of nitrogens with zero attached hydrogens (tertiary/aromatic N) is 4. The van der Waals surface area contributed by atoms with Gasteiger partial charge >= 0.3 is 0 Å². The van der Waals surface area contributed by atoms with Gasteiger partial charge < -0.3 is 14.6 Å². The second kappa shape index (κ2) is 8.32. The number of alkyl halides is 2. The van der Waals surface area contributed by atoms with Gasteiger partial charge in [0.15, 0.2) is 17.3 Å². The second-order valence-electron chi connectivity index (χ2n) is 5.21. The van der Waals surface area contributed by atoms with Crippen LogP contribution in [-0.4, -0.2) is 59.7 Å². The molecule has 1 unspecified atom stereocenters. The lowest BCUT2D eigenvalue weighted by Crippen LogP contribution is -2.44. The lowest BCUT2D eigenvalue weighted by atomic mass is 10.2. The third-order valence-electron chi connectivity index (χ3n) is 3.59. The molecule has 132 valence electrons. The zero-order chi connectivity index (χ0) is 16.2. The Balaban J connectivity index is 0.00000208. The summed E-state index contributed by atoms with van der Waals surface area (Å²) in [5, 5.41) is 7.26. The average Bonchev–Trinajstić information content (AvgIpc) is 3.03. The van der Waals surface area contributed by atoms with Gasteiger partial charge in [-0.15, -0.1) is 12.4 Å². The Labute approximate surface area is 143 Å². The van der Waals surface area contributed by atoms with Gasteiger partial charge in [0.2, 0.25) is 0 Å². The van der Waals surface area contributed by atoms with E-state index in [9.17, 15) is 8.78 Å². The molecule has 2 aromatic heterocycles. The van der Waals surface area contributed by atoms with Crippen LogP contribution >= 0.6 is 12.4 Å². The molecule has 1 N–H and O–H groups in total. The Morgan fingerprint density at radius 1 is 1.50 bits per heavy atom. The summed E-state index contributed by atoms with van der Waals surface area (Å²) in [7, 11) is 1.99. The lowest BCUT2D eigenvalue weighted by Gasteiger charge is -2.30. The van der Waals surface area contributed by atoms with Crippen LogP contribution in [0.25, 0.3) is 11.6 Å². The number of halogens is 3. The molecule has 2 aromatic rings. The first-order valence-corrected chi connectivity index (χ1v) is 7.26. The molecule has 0 spiro atoms. The van der Waals surface area contributed by atoms with Crippen LogP contribution in [0, 0.1) is 0 Å². The molecule has 1 aliphatic heterocycles. The molecule has 0 saturated carbocycles. The molecule has 0 bridgehead atoms. The van der Waals surface area contributed by atoms with Gasteiger partial charge in [-0.2, -0.15) is 4.98 Å². The number of aromatic nitrogens is 3. The van der Waals surface area contributed by atoms with Gasteiger partial charge in [0.25, 0.3) is 12.3 Å². The largest absolute Gasteiger partial charge is 0.485 e. The molecule has 0 aromatic carbocycles. The molecule has 24 heavy (non-hydrogen) atoms. The first-order valence-electron chi connectivity index (χ1n) is 7.26. The van der Waals surface area contributed by atoms with Crippen molar-refractivity contribution in [2.75, 3.05) is 33.3 Å². The maximum absolute atomic E-state index is 12.3. The van der Waals surface area contributed by atoms with E-state index in [2.05, 4.69) is 25.3 Å². The molecule has 0 amide bonds. The minimum Gasteiger partial charge on any atom is -0.485 e. The molecule has 7 nitrogen and oxygen atoms in total. The summed E-state index contributed by atoms with van der Waals surface area (Å²) in [5.41, 5.74) is 0.262. The molecule has 1 saturated heterocycles. The predicted octanol–water partition coefficient (Wildman–Crippen LogP) is 1.77. The number of nitrogens with one attached hydrogen (secondary N) is 1. The number of hydrogen-bond acceptors (Lipinski definition) is 7. The van der Waals surface area contributed by atoms with Crippen molar-refractivity contribution in [2.24, 2.45) is 0 Å². The number of piperazine rings is 1. The molecule has 3 heterocycles. The van der Waals surface area contributed by atoms with E-state index in [-0.39, 0.29) is 35.8 Å². The SMILES string of the molecule is CN1CCNCC1c1noc(-c2ncccc2OCC(F)F)n1.Cl. The summed E-state index contributed by atoms with van der Waals surface area (Å²) in [5.74, 6) is 0.877. The predicted molar refractivity (Wildman–Crippen MR) is 84.5 cm³/mol. The molecular formula is C14H18ClF2N5O2. The first kappa shape index (κ1) is 18.5. The fraction of sp³-hybridized carbons (Fsp3) is 0.500. The fourth-order valence-corrected chi connectivity index (χ4v) is 2.38. The van der Waals surface area contributed by atoms with Gasteiger partial charge in [0.1, 0.15) is 6.61 Å². The van der Waals surface area contributed by atoms with E-state index in [1.54, 1.807) is 12.1 Å². The first-order chi connectivity index (χ1) is 11.1. The van der Waals surface area contributed by atoms with E-state index in [1.807, 2.05) is 7.05 Å². The van der Waals surface area contributed by atoms with Crippen LogP contribution in [0.4, 0.5) is 8.78 Å². The van der Waals surface area contributed by atoms with Crippen LogP contribution in [0.2, 0.25) is 0 Å². The maximum atomic E-state index is 12.3. The minimum atomic E-state index is -2.57. The zero-order valence-corrected chi connectivity index (χ0v) is 13.8. The highest BCUT2D eigenvalue weighted by atomic mass is 35.5. The van der Waals surface area contributed by atoms with Crippen molar-refractivity contribution in [2.45, 2.75) is 12.5 Å². The van der Waals surface area contributed by atoms with Gasteiger partial charge in [0, 0.05) is 25.8 Å². The summed E-state index contributed by atoms with van der Waals surface area (Å²) >= 11 is 0. The molecular weight excluding hydrogens is 344 g/mol. The van der Waals surface area contributed by atoms with E-state index in [0.717, 1.165) is 13.1 Å². The summed E-state index contributed by atoms with van der Waals surface area (Å²) in [6.07, 6.45) is -1.05. The molecule has 1 aliphatic rings. The van der Waals surface area contributed by atoms with E-state index >= 15 is 0 Å². The normalized spacial score (nSPS) is 18.4. The Bertz CT molecular complexity index is 658. The van der Waals surface area contributed by atoms with Crippen molar-refractivity contribution in [3.05, 3.63) is 24.2 Å². The molecule has 0 aliphatic carbocycles. The van der Waals surface area contributed by atoms with Crippen LogP contribution in [-0.2, 0) is 0 Å². The summed E-state index contributed by atoms with van der Waals surface area (Å²) in [4.78, 5) is 10.6. The van der Waals surface area contributed by atoms with Crippen molar-refractivity contribution in [1.29, 1.82) is 0 Å². The van der Waals surface area contributed by atoms with Crippen molar-refractivity contribution in [1.82, 2.24) is 25.3 Å². The van der Waals surface area contributed by atoms with Crippen LogP contribution in [0.15, 0.2) is 22.9 Å². The Morgan fingerprint density at radius 3 is 3.08 bits per heavy atom. The zero-order valence-electron chi connectivity index (χ0n) is 13.0. The molecule has 1 fully saturated rings. The van der Waals surface area contributed by atoms with E-state index in [1.165, 1.54) is 6.20 Å². The topological polar surface area (TPSA) is 76.3 Å². The van der Waals surface area contributed by atoms with E-state index in [0.29, 0.717) is 12.4 Å². The van der Waals surface area contributed by atoms with Gasteiger partial charge in [-0.1, -0.05) is 5.16 Å². The van der Waals surface area contributed by atoms with Gasteiger partial charge in [0.05, 0.1) is 6.04 Å². The molecule has 1 atom stereocenters. The van der Waals surface area contributed by atoms with Crippen molar-refractivity contribution in [3.63, 3.8) is 0 Å². The highest BCUT2D eigenvalue weighted by Gasteiger charge is 2.26. The average molecular weight is 362 g/mol. The van der Waals surface area contributed by atoms with Crippen molar-refractivity contribution >= 4 is 12.4 Å². The number of ether oxygens (including phenoxy) is 1. The van der Waals surface area contributed by atoms with Crippen LogP contribution in [0.5, 0.6) is 5.75 Å². The molecule has 0 radical (unpaired) electrons. The number of likely N-dealkylation sites (N-methyl/N-ethyl adjacent to an activating group) is 1. The van der Waals surface area contributed by atoms with E-state index in [4.69, 9.17) is 9.26 Å². The summed E-state index contributed by atoms with van der Waals surface area (Å²) < 4.78 is 35.0. The highest BCUT2D eigenvalue weighted by molar-refractivity contribution is 5.85. The Morgan fingerprint density at radius 2 is 2.33 bits per heavy atom. The van der Waals surface area contributed by atoms with Crippen LogP contribution in [0.1, 0.15) is 11.9 Å². The Hall–Kier alpha value is -1.84. The third-order valence-corrected chi connectivity index (χ3v) is 3.59. The van der Waals surface area contributed by atoms with Crippen LogP contribution < -0.4 is 10.1 Å². The van der Waals surface area contributed by atoms with E-state index < -0.39 is 13.0 Å². The lowest BCUT2D eigenvalue weighted by molar-refractivity contribution is 0.0819. The number of hydrogen-bond donors (Lipinski definition) is 1. The number of pyridine rings is 1. The van der Waals surface area contributed by atoms with Crippen LogP contribution in [0.3, 0.4) is 0 Å². The van der Waals surface area contributed by atoms with Crippen molar-refractivity contribution in [3.8, 4) is 17.3 Å². The highest BCUT2D eigenvalue weighted by Crippen LogP contribution is 2.28. The van der Waals surface area contributed by atoms with Crippen molar-refractivity contribution < 1.29 is 18.0 Å². The summed E-state index contributed by atoms with van der Waals surface area (Å²) in [6.45, 7) is 1.78. The third kappa shape index (κ3) is 4.16. The monoisotopic (exact) mass is 361 g/mol. The number of rotatable bonds is 5. The van der Waals surface area contributed by atoms with Gasteiger partial charge in [-0.05, 0) is 19.2 Å².